The predicted octanol–water partition coefficient (Wildman–Crippen LogP) is 2.90. The zero-order chi connectivity index (χ0) is 18.5. The van der Waals surface area contributed by atoms with Crippen molar-refractivity contribution in [2.75, 3.05) is 45.1 Å². The molecule has 2 fully saturated rings. The van der Waals surface area contributed by atoms with Gasteiger partial charge in [-0.05, 0) is 58.0 Å². The van der Waals surface area contributed by atoms with Crippen LogP contribution in [0.4, 0.5) is 14.5 Å². The highest BCUT2D eigenvalue weighted by atomic mass is 35.5. The zero-order valence-electron chi connectivity index (χ0n) is 16.1. The third-order valence-electron chi connectivity index (χ3n) is 5.38. The maximum absolute atomic E-state index is 13.4. The first-order valence-electron chi connectivity index (χ1n) is 9.43. The van der Waals surface area contributed by atoms with E-state index in [9.17, 15) is 13.6 Å². The number of hydrogen-bond donors (Lipinski definition) is 2. The predicted molar refractivity (Wildman–Crippen MR) is 113 cm³/mol. The van der Waals surface area contributed by atoms with Crippen molar-refractivity contribution in [3.05, 3.63) is 29.8 Å². The van der Waals surface area contributed by atoms with Gasteiger partial charge in [-0.25, -0.2) is 8.78 Å². The number of anilines is 1. The SMILES string of the molecule is CN(CC(=O)N1CCCC(Nc2ccc(F)c(F)c2)C1)C1CCNCC1.Cl.Cl. The molecule has 160 valence electrons. The number of likely N-dealkylation sites (tertiary alicyclic amines) is 1. The lowest BCUT2D eigenvalue weighted by molar-refractivity contribution is -0.133. The van der Waals surface area contributed by atoms with E-state index in [-0.39, 0.29) is 36.8 Å². The normalized spacial score (nSPS) is 20.3. The van der Waals surface area contributed by atoms with E-state index < -0.39 is 11.6 Å². The van der Waals surface area contributed by atoms with Gasteiger partial charge in [-0.15, -0.1) is 24.8 Å². The van der Waals surface area contributed by atoms with Crippen LogP contribution in [-0.4, -0.2) is 67.6 Å². The lowest BCUT2D eigenvalue weighted by atomic mass is 10.0. The minimum absolute atomic E-state index is 0. The number of amides is 1. The summed E-state index contributed by atoms with van der Waals surface area (Å²) in [6.45, 7) is 3.80. The molecule has 0 saturated carbocycles. The second-order valence-corrected chi connectivity index (χ2v) is 7.35. The summed E-state index contributed by atoms with van der Waals surface area (Å²) in [5.41, 5.74) is 0.551. The number of nitrogens with one attached hydrogen (secondary N) is 2. The zero-order valence-corrected chi connectivity index (χ0v) is 17.8. The van der Waals surface area contributed by atoms with Crippen molar-refractivity contribution in [1.82, 2.24) is 15.1 Å². The second-order valence-electron chi connectivity index (χ2n) is 7.35. The van der Waals surface area contributed by atoms with Crippen LogP contribution in [0.5, 0.6) is 0 Å². The van der Waals surface area contributed by atoms with Crippen LogP contribution in [0.1, 0.15) is 25.7 Å². The van der Waals surface area contributed by atoms with Gasteiger partial charge in [-0.3, -0.25) is 9.69 Å². The molecule has 1 aromatic carbocycles. The van der Waals surface area contributed by atoms with Crippen molar-refractivity contribution >= 4 is 36.4 Å². The molecule has 0 radical (unpaired) electrons. The quantitative estimate of drug-likeness (QED) is 0.741. The molecule has 1 atom stereocenters. The fourth-order valence-corrected chi connectivity index (χ4v) is 3.83. The number of likely N-dealkylation sites (N-methyl/N-ethyl adjacent to an activating group) is 1. The summed E-state index contributed by atoms with van der Waals surface area (Å²) in [7, 11) is 2.02. The van der Waals surface area contributed by atoms with Crippen LogP contribution >= 0.6 is 24.8 Å². The molecule has 0 bridgehead atoms. The van der Waals surface area contributed by atoms with E-state index >= 15 is 0 Å². The standard InChI is InChI=1S/C19H28F2N4O.2ClH/c1-24(16-6-8-22-9-7-16)13-19(26)25-10-2-3-15(12-25)23-14-4-5-17(20)18(21)11-14;;/h4-5,11,15-16,22-23H,2-3,6-10,12-13H2,1H3;2*1H. The molecule has 0 aliphatic carbocycles. The molecule has 2 saturated heterocycles. The van der Waals surface area contributed by atoms with E-state index in [1.165, 1.54) is 12.1 Å². The highest BCUT2D eigenvalue weighted by Gasteiger charge is 2.26. The van der Waals surface area contributed by atoms with Crippen molar-refractivity contribution in [2.45, 2.75) is 37.8 Å². The molecule has 2 N–H and O–H groups in total. The van der Waals surface area contributed by atoms with E-state index in [2.05, 4.69) is 15.5 Å². The summed E-state index contributed by atoms with van der Waals surface area (Å²) in [5, 5.41) is 6.57. The van der Waals surface area contributed by atoms with Gasteiger partial charge in [0.25, 0.3) is 0 Å². The molecule has 2 aliphatic heterocycles. The van der Waals surface area contributed by atoms with Gasteiger partial charge in [0, 0.05) is 36.9 Å². The molecule has 9 heteroatoms. The Morgan fingerprint density at radius 1 is 1.21 bits per heavy atom. The Morgan fingerprint density at radius 3 is 2.61 bits per heavy atom. The molecule has 0 aromatic heterocycles. The fraction of sp³-hybridized carbons (Fsp3) is 0.632. The van der Waals surface area contributed by atoms with Crippen molar-refractivity contribution in [3.63, 3.8) is 0 Å². The third kappa shape index (κ3) is 6.72. The average molecular weight is 439 g/mol. The molecule has 2 heterocycles. The number of carbonyl (C=O) groups is 1. The largest absolute Gasteiger partial charge is 0.380 e. The van der Waals surface area contributed by atoms with Gasteiger partial charge in [-0.1, -0.05) is 0 Å². The van der Waals surface area contributed by atoms with Gasteiger partial charge in [0.05, 0.1) is 6.54 Å². The Morgan fingerprint density at radius 2 is 1.93 bits per heavy atom. The topological polar surface area (TPSA) is 47.6 Å². The van der Waals surface area contributed by atoms with Crippen LogP contribution in [0.15, 0.2) is 18.2 Å². The molecular weight excluding hydrogens is 409 g/mol. The highest BCUT2D eigenvalue weighted by Crippen LogP contribution is 2.19. The maximum Gasteiger partial charge on any atom is 0.236 e. The van der Waals surface area contributed by atoms with Crippen LogP contribution in [-0.2, 0) is 4.79 Å². The summed E-state index contributed by atoms with van der Waals surface area (Å²) in [6.07, 6.45) is 3.96. The molecule has 0 spiro atoms. The van der Waals surface area contributed by atoms with E-state index in [4.69, 9.17) is 0 Å². The summed E-state index contributed by atoms with van der Waals surface area (Å²) >= 11 is 0. The van der Waals surface area contributed by atoms with E-state index in [1.807, 2.05) is 11.9 Å². The van der Waals surface area contributed by atoms with Gasteiger partial charge in [0.1, 0.15) is 0 Å². The molecule has 2 aliphatic rings. The van der Waals surface area contributed by atoms with Gasteiger partial charge >= 0.3 is 0 Å². The summed E-state index contributed by atoms with van der Waals surface area (Å²) in [4.78, 5) is 16.7. The van der Waals surface area contributed by atoms with Crippen molar-refractivity contribution in [3.8, 4) is 0 Å². The van der Waals surface area contributed by atoms with Gasteiger partial charge < -0.3 is 15.5 Å². The van der Waals surface area contributed by atoms with Crippen LogP contribution in [0.25, 0.3) is 0 Å². The molecule has 28 heavy (non-hydrogen) atoms. The smallest absolute Gasteiger partial charge is 0.236 e. The number of hydrogen-bond acceptors (Lipinski definition) is 4. The van der Waals surface area contributed by atoms with Crippen LogP contribution in [0, 0.1) is 11.6 Å². The van der Waals surface area contributed by atoms with Crippen molar-refractivity contribution < 1.29 is 13.6 Å². The molecule has 3 rings (SSSR count). The van der Waals surface area contributed by atoms with E-state index in [0.29, 0.717) is 24.8 Å². The van der Waals surface area contributed by atoms with Gasteiger partial charge in [-0.2, -0.15) is 0 Å². The Labute approximate surface area is 178 Å². The Bertz CT molecular complexity index is 632. The first-order chi connectivity index (χ1) is 12.5. The van der Waals surface area contributed by atoms with E-state index in [1.54, 1.807) is 0 Å². The molecule has 5 nitrogen and oxygen atoms in total. The Hall–Kier alpha value is -1.15. The van der Waals surface area contributed by atoms with Crippen molar-refractivity contribution in [2.24, 2.45) is 0 Å². The maximum atomic E-state index is 13.4. The fourth-order valence-electron chi connectivity index (χ4n) is 3.83. The number of carbonyl (C=O) groups excluding carboxylic acids is 1. The summed E-state index contributed by atoms with van der Waals surface area (Å²) in [6, 6.07) is 4.34. The van der Waals surface area contributed by atoms with Crippen LogP contribution < -0.4 is 10.6 Å². The minimum Gasteiger partial charge on any atom is -0.380 e. The molecular formula is C19H30Cl2F2N4O. The highest BCUT2D eigenvalue weighted by molar-refractivity contribution is 5.85. The number of halogens is 4. The summed E-state index contributed by atoms with van der Waals surface area (Å²) < 4.78 is 26.4. The summed E-state index contributed by atoms with van der Waals surface area (Å²) in [5.74, 6) is -1.57. The molecule has 1 amide bonds. The number of rotatable bonds is 5. The lowest BCUT2D eigenvalue weighted by Crippen LogP contribution is -2.50. The Kier molecular flexibility index (Phi) is 10.4. The van der Waals surface area contributed by atoms with Crippen molar-refractivity contribution in [1.29, 1.82) is 0 Å². The second kappa shape index (κ2) is 11.8. The molecule has 1 unspecified atom stereocenters. The van der Waals surface area contributed by atoms with Crippen LogP contribution in [0.2, 0.25) is 0 Å². The van der Waals surface area contributed by atoms with Gasteiger partial charge in [0.15, 0.2) is 11.6 Å². The lowest BCUT2D eigenvalue weighted by Gasteiger charge is -2.36. The number of piperidine rings is 2. The number of benzene rings is 1. The monoisotopic (exact) mass is 438 g/mol. The third-order valence-corrected chi connectivity index (χ3v) is 5.38. The minimum atomic E-state index is -0.859. The van der Waals surface area contributed by atoms with E-state index in [0.717, 1.165) is 51.4 Å². The first-order valence-corrected chi connectivity index (χ1v) is 9.43. The first kappa shape index (κ1) is 24.9. The average Bonchev–Trinajstić information content (AvgIpc) is 2.65. The van der Waals surface area contributed by atoms with Gasteiger partial charge in [0.2, 0.25) is 5.91 Å². The van der Waals surface area contributed by atoms with Crippen LogP contribution in [0.3, 0.4) is 0 Å². The number of nitrogens with zero attached hydrogens (tertiary/aromatic N) is 2. The molecule has 1 aromatic rings. The Balaban J connectivity index is 0.00000196.